The molecule has 2 aromatic heterocycles. The van der Waals surface area contributed by atoms with Gasteiger partial charge in [0, 0.05) is 17.0 Å². The number of fused-ring (bicyclic) bond motifs is 1. The first-order valence-corrected chi connectivity index (χ1v) is 7.85. The molecular weight excluding hydrogens is 310 g/mol. The molecule has 0 aliphatic heterocycles. The van der Waals surface area contributed by atoms with Crippen molar-refractivity contribution in [1.29, 1.82) is 0 Å². The van der Waals surface area contributed by atoms with Crippen LogP contribution in [0.4, 0.5) is 5.13 Å². The Labute approximate surface area is 135 Å². The first-order valence-electron chi connectivity index (χ1n) is 6.97. The third-order valence-electron chi connectivity index (χ3n) is 3.45. The quantitative estimate of drug-likeness (QED) is 0.614. The number of hydrogen-bond donors (Lipinski definition) is 1. The minimum atomic E-state index is -0.360. The Hall–Kier alpha value is -2.99. The number of nitrogens with zero attached hydrogens (tertiary/aromatic N) is 2. The van der Waals surface area contributed by atoms with E-state index in [1.807, 2.05) is 29.6 Å². The fourth-order valence-corrected chi connectivity index (χ4v) is 3.10. The van der Waals surface area contributed by atoms with Gasteiger partial charge in [0.2, 0.25) is 5.76 Å². The highest BCUT2D eigenvalue weighted by Gasteiger charge is 2.13. The van der Waals surface area contributed by atoms with E-state index in [-0.39, 0.29) is 11.7 Å². The number of carbonyl (C=O) groups is 1. The SMILES string of the molecule is O=C(Nc1nc(-c2cccc3ccccc23)cs1)c1ccno1. The molecular formula is C17H11N3O2S. The van der Waals surface area contributed by atoms with Crippen LogP contribution in [0.25, 0.3) is 22.0 Å². The van der Waals surface area contributed by atoms with Crippen LogP contribution in [-0.2, 0) is 0 Å². The van der Waals surface area contributed by atoms with Crippen LogP contribution in [0.3, 0.4) is 0 Å². The third kappa shape index (κ3) is 2.60. The summed E-state index contributed by atoms with van der Waals surface area (Å²) >= 11 is 1.37. The normalized spacial score (nSPS) is 10.8. The van der Waals surface area contributed by atoms with Gasteiger partial charge in [-0.2, -0.15) is 0 Å². The number of aromatic nitrogens is 2. The molecule has 0 spiro atoms. The van der Waals surface area contributed by atoms with Gasteiger partial charge in [0.15, 0.2) is 5.13 Å². The molecule has 1 N–H and O–H groups in total. The Bertz CT molecular complexity index is 971. The van der Waals surface area contributed by atoms with Crippen molar-refractivity contribution >= 4 is 33.1 Å². The van der Waals surface area contributed by atoms with Gasteiger partial charge < -0.3 is 4.52 Å². The highest BCUT2D eigenvalue weighted by atomic mass is 32.1. The van der Waals surface area contributed by atoms with Crippen molar-refractivity contribution in [3.05, 3.63) is 65.9 Å². The number of nitrogens with one attached hydrogen (secondary N) is 1. The Morgan fingerprint density at radius 3 is 2.83 bits per heavy atom. The van der Waals surface area contributed by atoms with Gasteiger partial charge in [-0.15, -0.1) is 11.3 Å². The highest BCUT2D eigenvalue weighted by Crippen LogP contribution is 2.31. The molecule has 0 bridgehead atoms. The fourth-order valence-electron chi connectivity index (χ4n) is 2.40. The lowest BCUT2D eigenvalue weighted by Gasteiger charge is -2.03. The van der Waals surface area contributed by atoms with Crippen molar-refractivity contribution in [2.24, 2.45) is 0 Å². The Morgan fingerprint density at radius 2 is 1.96 bits per heavy atom. The zero-order valence-corrected chi connectivity index (χ0v) is 12.7. The van der Waals surface area contributed by atoms with E-state index in [4.69, 9.17) is 4.52 Å². The standard InChI is InChI=1S/C17H11N3O2S/c21-16(15-8-9-18-22-15)20-17-19-14(10-23-17)13-7-3-5-11-4-1-2-6-12(11)13/h1-10H,(H,19,20,21). The molecule has 5 nitrogen and oxygen atoms in total. The van der Waals surface area contributed by atoms with Gasteiger partial charge in [-0.05, 0) is 10.8 Å². The number of amides is 1. The van der Waals surface area contributed by atoms with Crippen molar-refractivity contribution in [2.75, 3.05) is 5.32 Å². The molecule has 0 unspecified atom stereocenters. The second kappa shape index (κ2) is 5.66. The number of thiazole rings is 1. The molecule has 2 heterocycles. The predicted molar refractivity (Wildman–Crippen MR) is 89.5 cm³/mol. The lowest BCUT2D eigenvalue weighted by Crippen LogP contribution is -2.10. The Morgan fingerprint density at radius 1 is 1.09 bits per heavy atom. The smallest absolute Gasteiger partial charge is 0.296 e. The summed E-state index contributed by atoms with van der Waals surface area (Å²) in [7, 11) is 0. The van der Waals surface area contributed by atoms with Crippen LogP contribution in [0.5, 0.6) is 0 Å². The third-order valence-corrected chi connectivity index (χ3v) is 4.21. The molecule has 4 rings (SSSR count). The van der Waals surface area contributed by atoms with Crippen LogP contribution >= 0.6 is 11.3 Å². The zero-order valence-electron chi connectivity index (χ0n) is 11.9. The van der Waals surface area contributed by atoms with E-state index in [1.165, 1.54) is 23.6 Å². The summed E-state index contributed by atoms with van der Waals surface area (Å²) in [6.45, 7) is 0. The molecule has 2 aromatic carbocycles. The molecule has 0 radical (unpaired) electrons. The fraction of sp³-hybridized carbons (Fsp3) is 0. The van der Waals surface area contributed by atoms with Gasteiger partial charge in [-0.25, -0.2) is 4.98 Å². The molecule has 6 heteroatoms. The summed E-state index contributed by atoms with van der Waals surface area (Å²) < 4.78 is 4.83. The lowest BCUT2D eigenvalue weighted by atomic mass is 10.0. The van der Waals surface area contributed by atoms with Crippen LogP contribution < -0.4 is 5.32 Å². The van der Waals surface area contributed by atoms with Crippen LogP contribution in [0.1, 0.15) is 10.6 Å². The number of benzene rings is 2. The molecule has 0 fully saturated rings. The number of hydrogen-bond acceptors (Lipinski definition) is 5. The molecule has 1 amide bonds. The van der Waals surface area contributed by atoms with Crippen LogP contribution in [0, 0.1) is 0 Å². The lowest BCUT2D eigenvalue weighted by molar-refractivity contribution is 0.0988. The Balaban J connectivity index is 1.66. The van der Waals surface area contributed by atoms with E-state index in [0.717, 1.165) is 22.0 Å². The molecule has 112 valence electrons. The molecule has 23 heavy (non-hydrogen) atoms. The van der Waals surface area contributed by atoms with E-state index in [2.05, 4.69) is 33.7 Å². The van der Waals surface area contributed by atoms with Gasteiger partial charge in [-0.3, -0.25) is 10.1 Å². The zero-order chi connectivity index (χ0) is 15.6. The van der Waals surface area contributed by atoms with Crippen LogP contribution in [-0.4, -0.2) is 16.0 Å². The summed E-state index contributed by atoms with van der Waals surface area (Å²) in [5.41, 5.74) is 1.87. The minimum Gasteiger partial charge on any atom is -0.351 e. The highest BCUT2D eigenvalue weighted by molar-refractivity contribution is 7.14. The second-order valence-corrected chi connectivity index (χ2v) is 5.75. The average Bonchev–Trinajstić information content (AvgIpc) is 3.26. The number of anilines is 1. The topological polar surface area (TPSA) is 68.0 Å². The minimum absolute atomic E-state index is 0.159. The largest absolute Gasteiger partial charge is 0.351 e. The molecule has 0 saturated heterocycles. The summed E-state index contributed by atoms with van der Waals surface area (Å²) in [5.74, 6) is -0.201. The maximum absolute atomic E-state index is 12.0. The number of rotatable bonds is 3. The Kier molecular flexibility index (Phi) is 3.36. The van der Waals surface area contributed by atoms with Crippen molar-refractivity contribution in [3.63, 3.8) is 0 Å². The van der Waals surface area contributed by atoms with Gasteiger partial charge in [0.1, 0.15) is 0 Å². The van der Waals surface area contributed by atoms with Crippen molar-refractivity contribution in [1.82, 2.24) is 10.1 Å². The molecule has 0 aliphatic rings. The van der Waals surface area contributed by atoms with Crippen LogP contribution in [0.2, 0.25) is 0 Å². The van der Waals surface area contributed by atoms with E-state index < -0.39 is 0 Å². The number of carbonyl (C=O) groups excluding carboxylic acids is 1. The molecule has 0 atom stereocenters. The summed E-state index contributed by atoms with van der Waals surface area (Å²) in [4.78, 5) is 16.5. The monoisotopic (exact) mass is 321 g/mol. The molecule has 4 aromatic rings. The first-order chi connectivity index (χ1) is 11.3. The average molecular weight is 321 g/mol. The van der Waals surface area contributed by atoms with E-state index in [0.29, 0.717) is 5.13 Å². The van der Waals surface area contributed by atoms with E-state index >= 15 is 0 Å². The van der Waals surface area contributed by atoms with Gasteiger partial charge >= 0.3 is 0 Å². The second-order valence-electron chi connectivity index (χ2n) is 4.90. The van der Waals surface area contributed by atoms with Crippen molar-refractivity contribution in [3.8, 4) is 11.3 Å². The summed E-state index contributed by atoms with van der Waals surface area (Å²) in [5, 5.41) is 11.0. The maximum atomic E-state index is 12.0. The molecule has 0 aliphatic carbocycles. The van der Waals surface area contributed by atoms with E-state index in [9.17, 15) is 4.79 Å². The first kappa shape index (κ1) is 13.7. The summed E-state index contributed by atoms with van der Waals surface area (Å²) in [6, 6.07) is 15.8. The maximum Gasteiger partial charge on any atom is 0.296 e. The molecule has 0 saturated carbocycles. The van der Waals surface area contributed by atoms with Gasteiger partial charge in [0.05, 0.1) is 11.9 Å². The van der Waals surface area contributed by atoms with Crippen molar-refractivity contribution < 1.29 is 9.32 Å². The van der Waals surface area contributed by atoms with Crippen molar-refractivity contribution in [2.45, 2.75) is 0 Å². The summed E-state index contributed by atoms with van der Waals surface area (Å²) in [6.07, 6.45) is 1.43. The van der Waals surface area contributed by atoms with Gasteiger partial charge in [-0.1, -0.05) is 47.6 Å². The van der Waals surface area contributed by atoms with E-state index in [1.54, 1.807) is 0 Å². The van der Waals surface area contributed by atoms with Crippen LogP contribution in [0.15, 0.2) is 64.6 Å². The predicted octanol–water partition coefficient (Wildman–Crippen LogP) is 4.20. The van der Waals surface area contributed by atoms with Gasteiger partial charge in [0.25, 0.3) is 5.91 Å².